The summed E-state index contributed by atoms with van der Waals surface area (Å²) in [6.45, 7) is 5.07. The maximum atomic E-state index is 14.3. The second-order valence-corrected chi connectivity index (χ2v) is 9.98. The molecule has 1 aliphatic heterocycles. The minimum atomic E-state index is -0.851. The number of hydrogen-bond donors (Lipinski definition) is 0. The molecule has 0 saturated carbocycles. The summed E-state index contributed by atoms with van der Waals surface area (Å²) in [7, 11) is 1.17. The third-order valence-corrected chi connectivity index (χ3v) is 6.00. The molecule has 0 aliphatic carbocycles. The number of likely N-dealkylation sites (tertiary alicyclic amines) is 1. The van der Waals surface area contributed by atoms with Crippen LogP contribution in [0.2, 0.25) is 0 Å². The van der Waals surface area contributed by atoms with E-state index in [0.717, 1.165) is 11.0 Å². The molecule has 1 aliphatic rings. The number of carbonyl (C=O) groups excluding carboxylic acids is 3. The molecule has 1 heterocycles. The Morgan fingerprint density at radius 1 is 1.05 bits per heavy atom. The summed E-state index contributed by atoms with van der Waals surface area (Å²) >= 11 is 0. The fourth-order valence-corrected chi connectivity index (χ4v) is 4.17. The third-order valence-electron chi connectivity index (χ3n) is 6.00. The first kappa shape index (κ1) is 28.0. The molecular weight excluding hydrogens is 489 g/mol. The van der Waals surface area contributed by atoms with Gasteiger partial charge in [-0.3, -0.25) is 9.69 Å². The van der Waals surface area contributed by atoms with Gasteiger partial charge in [0.2, 0.25) is 5.91 Å². The Morgan fingerprint density at radius 3 is 2.43 bits per heavy atom. The standard InChI is InChI=1S/C27H31F3N2O5/c1-27(2,3)37-26(35)32(15-19-7-9-20(28)13-23(19)30)16-24(33)31-11-5-6-18(14-31)17-8-10-22(29)21(12-17)25(34)36-4/h7-10,12-13,18H,5-6,11,14-16H2,1-4H3. The Hall–Kier alpha value is -3.56. The average molecular weight is 521 g/mol. The number of halogens is 3. The van der Waals surface area contributed by atoms with Crippen molar-refractivity contribution in [3.05, 3.63) is 70.5 Å². The summed E-state index contributed by atoms with van der Waals surface area (Å²) in [6, 6.07) is 7.22. The van der Waals surface area contributed by atoms with Crippen LogP contribution in [0.15, 0.2) is 36.4 Å². The van der Waals surface area contributed by atoms with E-state index in [9.17, 15) is 27.6 Å². The van der Waals surface area contributed by atoms with Crippen LogP contribution in [0, 0.1) is 17.5 Å². The molecule has 0 bridgehead atoms. The molecular formula is C27H31F3N2O5. The fraction of sp³-hybridized carbons (Fsp3) is 0.444. The van der Waals surface area contributed by atoms with E-state index in [4.69, 9.17) is 4.74 Å². The molecule has 1 unspecified atom stereocenters. The van der Waals surface area contributed by atoms with Crippen LogP contribution in [0.25, 0.3) is 0 Å². The van der Waals surface area contributed by atoms with E-state index >= 15 is 0 Å². The van der Waals surface area contributed by atoms with Gasteiger partial charge >= 0.3 is 12.1 Å². The van der Waals surface area contributed by atoms with Gasteiger partial charge in [0.05, 0.1) is 19.2 Å². The molecule has 2 aromatic rings. The SMILES string of the molecule is COC(=O)c1cc(C2CCCN(C(=O)CN(Cc3ccc(F)cc3F)C(=O)OC(C)(C)C)C2)ccc1F. The van der Waals surface area contributed by atoms with Crippen LogP contribution in [0.5, 0.6) is 0 Å². The second kappa shape index (κ2) is 11.7. The number of amides is 2. The predicted octanol–water partition coefficient (Wildman–Crippen LogP) is 5.03. The van der Waals surface area contributed by atoms with Crippen molar-refractivity contribution >= 4 is 18.0 Å². The fourth-order valence-electron chi connectivity index (χ4n) is 4.17. The van der Waals surface area contributed by atoms with Crippen molar-refractivity contribution in [1.29, 1.82) is 0 Å². The largest absolute Gasteiger partial charge is 0.465 e. The van der Waals surface area contributed by atoms with E-state index in [2.05, 4.69) is 4.74 Å². The van der Waals surface area contributed by atoms with E-state index in [-0.39, 0.29) is 42.6 Å². The number of hydrogen-bond acceptors (Lipinski definition) is 5. The maximum Gasteiger partial charge on any atom is 0.411 e. The number of nitrogens with zero attached hydrogens (tertiary/aromatic N) is 2. The molecule has 1 fully saturated rings. The Labute approximate surface area is 214 Å². The Bertz CT molecular complexity index is 1170. The number of carbonyl (C=O) groups is 3. The molecule has 3 rings (SSSR count). The Balaban J connectivity index is 1.77. The summed E-state index contributed by atoms with van der Waals surface area (Å²) in [4.78, 5) is 40.7. The highest BCUT2D eigenvalue weighted by Gasteiger charge is 2.30. The number of benzene rings is 2. The highest BCUT2D eigenvalue weighted by molar-refractivity contribution is 5.89. The van der Waals surface area contributed by atoms with Crippen LogP contribution in [0.1, 0.15) is 61.0 Å². The molecule has 200 valence electrons. The van der Waals surface area contributed by atoms with E-state index in [1.165, 1.54) is 25.3 Å². The monoisotopic (exact) mass is 520 g/mol. The molecule has 37 heavy (non-hydrogen) atoms. The van der Waals surface area contributed by atoms with Crippen molar-refractivity contribution < 1.29 is 37.0 Å². The van der Waals surface area contributed by atoms with Gasteiger partial charge in [-0.05, 0) is 57.4 Å². The van der Waals surface area contributed by atoms with Gasteiger partial charge in [0.25, 0.3) is 0 Å². The first-order valence-corrected chi connectivity index (χ1v) is 12.0. The number of methoxy groups -OCH3 is 1. The van der Waals surface area contributed by atoms with Gasteiger partial charge in [0, 0.05) is 30.6 Å². The Kier molecular flexibility index (Phi) is 8.83. The van der Waals surface area contributed by atoms with Crippen molar-refractivity contribution in [3.8, 4) is 0 Å². The van der Waals surface area contributed by atoms with E-state index in [1.54, 1.807) is 31.7 Å². The minimum Gasteiger partial charge on any atom is -0.465 e. The van der Waals surface area contributed by atoms with Gasteiger partial charge in [-0.15, -0.1) is 0 Å². The second-order valence-electron chi connectivity index (χ2n) is 9.98. The molecule has 2 aromatic carbocycles. The molecule has 0 aromatic heterocycles. The first-order chi connectivity index (χ1) is 17.4. The van der Waals surface area contributed by atoms with E-state index in [0.29, 0.717) is 31.0 Å². The molecule has 10 heteroatoms. The summed E-state index contributed by atoms with van der Waals surface area (Å²) in [5.41, 5.74) is -0.300. The van der Waals surface area contributed by atoms with Gasteiger partial charge in [0.15, 0.2) is 0 Å². The van der Waals surface area contributed by atoms with Gasteiger partial charge in [-0.2, -0.15) is 0 Å². The van der Waals surface area contributed by atoms with Crippen LogP contribution >= 0.6 is 0 Å². The summed E-state index contributed by atoms with van der Waals surface area (Å²) in [6.07, 6.45) is 0.562. The molecule has 0 N–H and O–H groups in total. The van der Waals surface area contributed by atoms with Gasteiger partial charge < -0.3 is 14.4 Å². The number of esters is 1. The zero-order valence-corrected chi connectivity index (χ0v) is 21.4. The predicted molar refractivity (Wildman–Crippen MR) is 129 cm³/mol. The summed E-state index contributed by atoms with van der Waals surface area (Å²) < 4.78 is 51.8. The minimum absolute atomic E-state index is 0.0400. The summed E-state index contributed by atoms with van der Waals surface area (Å²) in [5, 5.41) is 0. The zero-order valence-electron chi connectivity index (χ0n) is 21.4. The molecule has 0 spiro atoms. The van der Waals surface area contributed by atoms with Crippen LogP contribution in [0.4, 0.5) is 18.0 Å². The number of piperidine rings is 1. The lowest BCUT2D eigenvalue weighted by Crippen LogP contribution is -2.47. The Morgan fingerprint density at radius 2 is 1.78 bits per heavy atom. The van der Waals surface area contributed by atoms with Gasteiger partial charge in [-0.1, -0.05) is 12.1 Å². The van der Waals surface area contributed by atoms with Crippen LogP contribution in [-0.2, 0) is 20.8 Å². The lowest BCUT2D eigenvalue weighted by molar-refractivity contribution is -0.133. The van der Waals surface area contributed by atoms with Crippen molar-refractivity contribution in [2.75, 3.05) is 26.7 Å². The van der Waals surface area contributed by atoms with E-state index < -0.39 is 35.1 Å². The third kappa shape index (κ3) is 7.47. The number of ether oxygens (including phenoxy) is 2. The number of rotatable bonds is 6. The van der Waals surface area contributed by atoms with Crippen LogP contribution < -0.4 is 0 Å². The first-order valence-electron chi connectivity index (χ1n) is 12.0. The van der Waals surface area contributed by atoms with Crippen molar-refractivity contribution in [2.45, 2.75) is 51.7 Å². The summed E-state index contributed by atoms with van der Waals surface area (Å²) in [5.74, 6) is -3.61. The van der Waals surface area contributed by atoms with Crippen molar-refractivity contribution in [3.63, 3.8) is 0 Å². The zero-order chi connectivity index (χ0) is 27.3. The quantitative estimate of drug-likeness (QED) is 0.500. The van der Waals surface area contributed by atoms with Gasteiger partial charge in [0.1, 0.15) is 29.6 Å². The molecule has 2 amide bonds. The average Bonchev–Trinajstić information content (AvgIpc) is 2.83. The van der Waals surface area contributed by atoms with Crippen molar-refractivity contribution in [2.24, 2.45) is 0 Å². The van der Waals surface area contributed by atoms with Gasteiger partial charge in [-0.25, -0.2) is 22.8 Å². The van der Waals surface area contributed by atoms with Crippen LogP contribution in [-0.4, -0.2) is 60.1 Å². The molecule has 1 saturated heterocycles. The van der Waals surface area contributed by atoms with E-state index in [1.807, 2.05) is 0 Å². The maximum absolute atomic E-state index is 14.3. The topological polar surface area (TPSA) is 76.2 Å². The highest BCUT2D eigenvalue weighted by atomic mass is 19.1. The van der Waals surface area contributed by atoms with Crippen molar-refractivity contribution in [1.82, 2.24) is 9.80 Å². The molecule has 0 radical (unpaired) electrons. The normalized spacial score (nSPS) is 15.8. The lowest BCUT2D eigenvalue weighted by Gasteiger charge is -2.35. The molecule has 7 nitrogen and oxygen atoms in total. The molecule has 1 atom stereocenters. The smallest absolute Gasteiger partial charge is 0.411 e. The lowest BCUT2D eigenvalue weighted by atomic mass is 9.89. The highest BCUT2D eigenvalue weighted by Crippen LogP contribution is 2.29. The van der Waals surface area contributed by atoms with Crippen LogP contribution in [0.3, 0.4) is 0 Å².